The van der Waals surface area contributed by atoms with E-state index in [-0.39, 0.29) is 0 Å². The molecule has 2 heterocycles. The molecule has 0 saturated heterocycles. The van der Waals surface area contributed by atoms with Gasteiger partial charge in [0, 0.05) is 16.2 Å². The predicted molar refractivity (Wildman–Crippen MR) is 99.6 cm³/mol. The van der Waals surface area contributed by atoms with Crippen molar-refractivity contribution in [3.63, 3.8) is 0 Å². The molecule has 0 unspecified atom stereocenters. The van der Waals surface area contributed by atoms with Crippen LogP contribution in [0.3, 0.4) is 0 Å². The Kier molecular flexibility index (Phi) is 5.40. The lowest BCUT2D eigenvalue weighted by Crippen LogP contribution is -2.27. The molecule has 0 atom stereocenters. The molecule has 0 spiro atoms. The summed E-state index contributed by atoms with van der Waals surface area (Å²) >= 11 is 17.3. The first-order chi connectivity index (χ1) is 11.6. The molecule has 0 radical (unpaired) electrons. The Labute approximate surface area is 154 Å². The van der Waals surface area contributed by atoms with Crippen molar-refractivity contribution >= 4 is 46.2 Å². The fourth-order valence-corrected chi connectivity index (χ4v) is 2.75. The van der Waals surface area contributed by atoms with Crippen molar-refractivity contribution < 1.29 is 4.42 Å². The molecule has 0 bridgehead atoms. The quantitative estimate of drug-likeness (QED) is 0.645. The molecule has 0 amide bonds. The lowest BCUT2D eigenvalue weighted by molar-refractivity contribution is 0.503. The molecule has 0 aliphatic rings. The van der Waals surface area contributed by atoms with E-state index in [1.165, 1.54) is 0 Å². The lowest BCUT2D eigenvalue weighted by Gasteiger charge is -2.07. The molecule has 0 fully saturated rings. The van der Waals surface area contributed by atoms with Crippen molar-refractivity contribution in [1.82, 2.24) is 15.1 Å². The Morgan fingerprint density at radius 2 is 2.17 bits per heavy atom. The molecule has 5 nitrogen and oxygen atoms in total. The molecular weight excluding hydrogens is 367 g/mol. The van der Waals surface area contributed by atoms with Gasteiger partial charge in [-0.2, -0.15) is 5.10 Å². The Hall–Kier alpha value is -2.02. The van der Waals surface area contributed by atoms with E-state index in [9.17, 15) is 0 Å². The summed E-state index contributed by atoms with van der Waals surface area (Å²) in [6.07, 6.45) is 5.18. The number of hydrogen-bond donors (Lipinski definition) is 2. The van der Waals surface area contributed by atoms with Gasteiger partial charge in [-0.25, -0.2) is 0 Å². The predicted octanol–water partition coefficient (Wildman–Crippen LogP) is 4.32. The maximum Gasteiger partial charge on any atom is 0.171 e. The second kappa shape index (κ2) is 7.70. The van der Waals surface area contributed by atoms with Crippen LogP contribution in [0.1, 0.15) is 11.3 Å². The molecule has 3 aromatic rings. The van der Waals surface area contributed by atoms with Crippen molar-refractivity contribution in [2.45, 2.75) is 13.1 Å². The third-order valence-electron chi connectivity index (χ3n) is 3.24. The van der Waals surface area contributed by atoms with Crippen LogP contribution in [0.15, 0.2) is 53.4 Å². The summed E-state index contributed by atoms with van der Waals surface area (Å²) in [6.45, 7) is 1.07. The summed E-state index contributed by atoms with van der Waals surface area (Å²) in [5.74, 6) is 0.812. The van der Waals surface area contributed by atoms with Crippen molar-refractivity contribution in [2.24, 2.45) is 0 Å². The molecule has 124 valence electrons. The number of benzene rings is 1. The highest BCUT2D eigenvalue weighted by atomic mass is 35.5. The van der Waals surface area contributed by atoms with E-state index < -0.39 is 0 Å². The van der Waals surface area contributed by atoms with Crippen LogP contribution in [0.4, 0.5) is 5.69 Å². The first kappa shape index (κ1) is 16.8. The second-order valence-corrected chi connectivity index (χ2v) is 6.30. The third-order valence-corrected chi connectivity index (χ3v) is 4.08. The van der Waals surface area contributed by atoms with Gasteiger partial charge in [-0.3, -0.25) is 4.68 Å². The number of anilines is 1. The average molecular weight is 381 g/mol. The molecule has 8 heteroatoms. The zero-order chi connectivity index (χ0) is 16.9. The van der Waals surface area contributed by atoms with Crippen LogP contribution in [0.5, 0.6) is 0 Å². The number of thiocarbonyl (C=S) groups is 1. The summed E-state index contributed by atoms with van der Waals surface area (Å²) in [7, 11) is 0. The number of halogens is 2. The van der Waals surface area contributed by atoms with E-state index in [2.05, 4.69) is 15.7 Å². The van der Waals surface area contributed by atoms with Gasteiger partial charge in [-0.1, -0.05) is 29.3 Å². The van der Waals surface area contributed by atoms with Crippen molar-refractivity contribution in [1.29, 1.82) is 0 Å². The Morgan fingerprint density at radius 1 is 1.29 bits per heavy atom. The average Bonchev–Trinajstić information content (AvgIpc) is 3.20. The Bertz CT molecular complexity index is 832. The van der Waals surface area contributed by atoms with Gasteiger partial charge < -0.3 is 15.1 Å². The van der Waals surface area contributed by atoms with Crippen molar-refractivity contribution in [3.05, 3.63) is 70.4 Å². The largest absolute Gasteiger partial charge is 0.467 e. The van der Waals surface area contributed by atoms with Crippen molar-refractivity contribution in [2.75, 3.05) is 5.32 Å². The van der Waals surface area contributed by atoms with E-state index in [4.69, 9.17) is 39.8 Å². The molecule has 0 aliphatic heterocycles. The summed E-state index contributed by atoms with van der Waals surface area (Å²) in [4.78, 5) is 0. The highest BCUT2D eigenvalue weighted by molar-refractivity contribution is 7.80. The SMILES string of the molecule is S=C(NCc1ccco1)Nc1cnn(Cc2ccc(Cl)cc2Cl)c1. The zero-order valence-electron chi connectivity index (χ0n) is 12.5. The van der Waals surface area contributed by atoms with E-state index in [0.717, 1.165) is 17.0 Å². The maximum atomic E-state index is 6.18. The molecule has 24 heavy (non-hydrogen) atoms. The number of rotatable bonds is 5. The molecular formula is C16H14Cl2N4OS. The van der Waals surface area contributed by atoms with Gasteiger partial charge in [0.2, 0.25) is 0 Å². The van der Waals surface area contributed by atoms with Crippen LogP contribution in [0.2, 0.25) is 10.0 Å². The van der Waals surface area contributed by atoms with E-state index in [0.29, 0.717) is 28.2 Å². The molecule has 3 rings (SSSR count). The number of aromatic nitrogens is 2. The second-order valence-electron chi connectivity index (χ2n) is 5.05. The van der Waals surface area contributed by atoms with Gasteiger partial charge >= 0.3 is 0 Å². The van der Waals surface area contributed by atoms with Crippen LogP contribution in [0.25, 0.3) is 0 Å². The van der Waals surface area contributed by atoms with Gasteiger partial charge in [0.15, 0.2) is 5.11 Å². The van der Waals surface area contributed by atoms with Crippen LogP contribution >= 0.6 is 35.4 Å². The van der Waals surface area contributed by atoms with Crippen LogP contribution < -0.4 is 10.6 Å². The summed E-state index contributed by atoms with van der Waals surface area (Å²) in [6, 6.07) is 9.12. The number of furan rings is 1. The van der Waals surface area contributed by atoms with Gasteiger partial charge in [-0.15, -0.1) is 0 Å². The summed E-state index contributed by atoms with van der Waals surface area (Å²) in [5.41, 5.74) is 1.73. The molecule has 0 saturated carbocycles. The molecule has 2 N–H and O–H groups in total. The van der Waals surface area contributed by atoms with Crippen molar-refractivity contribution in [3.8, 4) is 0 Å². The fraction of sp³-hybridized carbons (Fsp3) is 0.125. The van der Waals surface area contributed by atoms with Gasteiger partial charge in [-0.05, 0) is 42.0 Å². The normalized spacial score (nSPS) is 10.6. The highest BCUT2D eigenvalue weighted by Gasteiger charge is 2.06. The maximum absolute atomic E-state index is 6.18. The van der Waals surface area contributed by atoms with E-state index in [1.807, 2.05) is 24.4 Å². The van der Waals surface area contributed by atoms with Crippen LogP contribution in [0, 0.1) is 0 Å². The minimum absolute atomic E-state index is 0.496. The number of hydrogen-bond acceptors (Lipinski definition) is 3. The standard InChI is InChI=1S/C16H14Cl2N4OS/c17-12-4-3-11(15(18)6-12)9-22-10-13(7-20-22)21-16(24)19-8-14-2-1-5-23-14/h1-7,10H,8-9H2,(H2,19,21,24). The molecule has 0 aliphatic carbocycles. The lowest BCUT2D eigenvalue weighted by atomic mass is 10.2. The Morgan fingerprint density at radius 3 is 2.92 bits per heavy atom. The van der Waals surface area contributed by atoms with Crippen LogP contribution in [-0.4, -0.2) is 14.9 Å². The minimum atomic E-state index is 0.496. The first-order valence-corrected chi connectivity index (χ1v) is 8.30. The number of nitrogens with zero attached hydrogens (tertiary/aromatic N) is 2. The summed E-state index contributed by atoms with van der Waals surface area (Å²) in [5, 5.41) is 12.2. The van der Waals surface area contributed by atoms with Gasteiger partial charge in [0.1, 0.15) is 5.76 Å². The van der Waals surface area contributed by atoms with E-state index in [1.54, 1.807) is 29.3 Å². The molecule has 2 aromatic heterocycles. The summed E-state index contributed by atoms with van der Waals surface area (Å²) < 4.78 is 7.01. The minimum Gasteiger partial charge on any atom is -0.467 e. The van der Waals surface area contributed by atoms with Gasteiger partial charge in [0.05, 0.1) is 31.2 Å². The smallest absolute Gasteiger partial charge is 0.171 e. The van der Waals surface area contributed by atoms with Crippen LogP contribution in [-0.2, 0) is 13.1 Å². The van der Waals surface area contributed by atoms with E-state index >= 15 is 0 Å². The Balaban J connectivity index is 1.56. The topological polar surface area (TPSA) is 55.0 Å². The first-order valence-electron chi connectivity index (χ1n) is 7.14. The number of nitrogens with one attached hydrogen (secondary N) is 2. The third kappa shape index (κ3) is 4.50. The monoisotopic (exact) mass is 380 g/mol. The zero-order valence-corrected chi connectivity index (χ0v) is 14.8. The fourth-order valence-electron chi connectivity index (χ4n) is 2.09. The highest BCUT2D eigenvalue weighted by Crippen LogP contribution is 2.22. The molecule has 1 aromatic carbocycles. The van der Waals surface area contributed by atoms with Gasteiger partial charge in [0.25, 0.3) is 0 Å².